The zero-order chi connectivity index (χ0) is 12.8. The number of rotatable bonds is 1. The van der Waals surface area contributed by atoms with E-state index in [9.17, 15) is 0 Å². The van der Waals surface area contributed by atoms with Gasteiger partial charge in [0.15, 0.2) is 0 Å². The molecule has 0 unspecified atom stereocenters. The molecule has 2 aliphatic rings. The SMILES string of the molecule is CC1(C)Cc2cc(N3CCOCC3)c(N)cc2O1. The summed E-state index contributed by atoms with van der Waals surface area (Å²) in [7, 11) is 0. The molecule has 4 nitrogen and oxygen atoms in total. The predicted molar refractivity (Wildman–Crippen MR) is 72.3 cm³/mol. The van der Waals surface area contributed by atoms with Gasteiger partial charge >= 0.3 is 0 Å². The Bertz CT molecular complexity index is 465. The fourth-order valence-electron chi connectivity index (χ4n) is 2.73. The van der Waals surface area contributed by atoms with Crippen LogP contribution in [0.5, 0.6) is 5.75 Å². The minimum absolute atomic E-state index is 0.113. The highest BCUT2D eigenvalue weighted by atomic mass is 16.5. The third kappa shape index (κ3) is 2.01. The molecule has 0 amide bonds. The lowest BCUT2D eigenvalue weighted by Crippen LogP contribution is -2.36. The predicted octanol–water partition coefficient (Wildman–Crippen LogP) is 1.82. The number of hydrogen-bond acceptors (Lipinski definition) is 4. The molecule has 0 aliphatic carbocycles. The van der Waals surface area contributed by atoms with E-state index in [1.807, 2.05) is 6.07 Å². The van der Waals surface area contributed by atoms with Crippen molar-refractivity contribution in [1.82, 2.24) is 0 Å². The average Bonchev–Trinajstić information content (AvgIpc) is 2.62. The van der Waals surface area contributed by atoms with Crippen LogP contribution in [0.3, 0.4) is 0 Å². The molecular formula is C14H20N2O2. The van der Waals surface area contributed by atoms with Crippen LogP contribution in [-0.2, 0) is 11.2 Å². The van der Waals surface area contributed by atoms with Crippen LogP contribution in [0, 0.1) is 0 Å². The maximum absolute atomic E-state index is 6.15. The number of ether oxygens (including phenoxy) is 2. The Labute approximate surface area is 108 Å². The van der Waals surface area contributed by atoms with Crippen molar-refractivity contribution in [1.29, 1.82) is 0 Å². The molecule has 0 bridgehead atoms. The molecule has 0 radical (unpaired) electrons. The molecule has 0 aromatic heterocycles. The van der Waals surface area contributed by atoms with E-state index in [0.717, 1.165) is 49.8 Å². The molecule has 1 saturated heterocycles. The van der Waals surface area contributed by atoms with E-state index in [-0.39, 0.29) is 5.60 Å². The van der Waals surface area contributed by atoms with E-state index in [1.165, 1.54) is 5.56 Å². The van der Waals surface area contributed by atoms with E-state index in [0.29, 0.717) is 0 Å². The minimum atomic E-state index is -0.113. The Morgan fingerprint density at radius 2 is 1.94 bits per heavy atom. The summed E-state index contributed by atoms with van der Waals surface area (Å²) in [6, 6.07) is 4.15. The van der Waals surface area contributed by atoms with Crippen molar-refractivity contribution >= 4 is 11.4 Å². The fourth-order valence-corrected chi connectivity index (χ4v) is 2.73. The summed E-state index contributed by atoms with van der Waals surface area (Å²) < 4.78 is 11.3. The van der Waals surface area contributed by atoms with Gasteiger partial charge in [-0.05, 0) is 19.9 Å². The number of morpholine rings is 1. The average molecular weight is 248 g/mol. The number of nitrogens with two attached hydrogens (primary N) is 1. The zero-order valence-corrected chi connectivity index (χ0v) is 11.0. The van der Waals surface area contributed by atoms with Crippen LogP contribution in [0.1, 0.15) is 19.4 Å². The molecule has 98 valence electrons. The summed E-state index contributed by atoms with van der Waals surface area (Å²) in [6.07, 6.45) is 0.944. The van der Waals surface area contributed by atoms with Crippen molar-refractivity contribution in [3.63, 3.8) is 0 Å². The molecule has 0 spiro atoms. The van der Waals surface area contributed by atoms with Gasteiger partial charge in [-0.1, -0.05) is 0 Å². The molecule has 18 heavy (non-hydrogen) atoms. The van der Waals surface area contributed by atoms with Gasteiger partial charge in [0, 0.05) is 31.1 Å². The third-order valence-corrected chi connectivity index (χ3v) is 3.56. The first-order chi connectivity index (χ1) is 8.55. The summed E-state index contributed by atoms with van der Waals surface area (Å²) in [4.78, 5) is 2.30. The Balaban J connectivity index is 1.93. The maximum Gasteiger partial charge on any atom is 0.125 e. The molecule has 2 aliphatic heterocycles. The number of fused-ring (bicyclic) bond motifs is 1. The van der Waals surface area contributed by atoms with Crippen LogP contribution in [0.15, 0.2) is 12.1 Å². The van der Waals surface area contributed by atoms with E-state index < -0.39 is 0 Å². The second-order valence-corrected chi connectivity index (χ2v) is 5.66. The van der Waals surface area contributed by atoms with Crippen LogP contribution in [-0.4, -0.2) is 31.9 Å². The molecule has 1 fully saturated rings. The number of nitrogen functional groups attached to an aromatic ring is 1. The van der Waals surface area contributed by atoms with E-state index in [1.54, 1.807) is 0 Å². The molecule has 3 rings (SSSR count). The minimum Gasteiger partial charge on any atom is -0.487 e. The van der Waals surface area contributed by atoms with Crippen LogP contribution >= 0.6 is 0 Å². The standard InChI is InChI=1S/C14H20N2O2/c1-14(2)9-10-7-12(11(15)8-13(10)18-14)16-3-5-17-6-4-16/h7-8H,3-6,9,15H2,1-2H3. The molecule has 0 saturated carbocycles. The first-order valence-corrected chi connectivity index (χ1v) is 6.49. The van der Waals surface area contributed by atoms with Crippen molar-refractivity contribution in [3.8, 4) is 5.75 Å². The van der Waals surface area contributed by atoms with Crippen LogP contribution < -0.4 is 15.4 Å². The molecular weight excluding hydrogens is 228 g/mol. The number of hydrogen-bond donors (Lipinski definition) is 1. The lowest BCUT2D eigenvalue weighted by Gasteiger charge is -2.30. The van der Waals surface area contributed by atoms with Gasteiger partial charge in [0.2, 0.25) is 0 Å². The van der Waals surface area contributed by atoms with Crippen molar-refractivity contribution in [2.45, 2.75) is 25.9 Å². The quantitative estimate of drug-likeness (QED) is 0.770. The van der Waals surface area contributed by atoms with Crippen molar-refractivity contribution in [2.75, 3.05) is 36.9 Å². The summed E-state index contributed by atoms with van der Waals surface area (Å²) in [5.41, 5.74) is 9.22. The molecule has 2 N–H and O–H groups in total. The molecule has 1 aromatic rings. The third-order valence-electron chi connectivity index (χ3n) is 3.56. The van der Waals surface area contributed by atoms with Crippen LogP contribution in [0.25, 0.3) is 0 Å². The van der Waals surface area contributed by atoms with Gasteiger partial charge in [0.25, 0.3) is 0 Å². The van der Waals surface area contributed by atoms with Gasteiger partial charge in [0.1, 0.15) is 11.4 Å². The molecule has 2 heterocycles. The lowest BCUT2D eigenvalue weighted by molar-refractivity contribution is 0.123. The Morgan fingerprint density at radius 3 is 2.67 bits per heavy atom. The number of benzene rings is 1. The smallest absolute Gasteiger partial charge is 0.125 e. The van der Waals surface area contributed by atoms with Gasteiger partial charge in [-0.2, -0.15) is 0 Å². The zero-order valence-electron chi connectivity index (χ0n) is 11.0. The summed E-state index contributed by atoms with van der Waals surface area (Å²) >= 11 is 0. The van der Waals surface area contributed by atoms with E-state index >= 15 is 0 Å². The van der Waals surface area contributed by atoms with Gasteiger partial charge in [-0.15, -0.1) is 0 Å². The number of nitrogens with zero attached hydrogens (tertiary/aromatic N) is 1. The van der Waals surface area contributed by atoms with Crippen LogP contribution in [0.2, 0.25) is 0 Å². The van der Waals surface area contributed by atoms with Crippen molar-refractivity contribution < 1.29 is 9.47 Å². The van der Waals surface area contributed by atoms with E-state index in [2.05, 4.69) is 24.8 Å². The van der Waals surface area contributed by atoms with Gasteiger partial charge in [-0.3, -0.25) is 0 Å². The topological polar surface area (TPSA) is 47.7 Å². The lowest BCUT2D eigenvalue weighted by atomic mass is 10.0. The second kappa shape index (κ2) is 4.05. The van der Waals surface area contributed by atoms with Crippen molar-refractivity contribution in [3.05, 3.63) is 17.7 Å². The first kappa shape index (κ1) is 11.7. The van der Waals surface area contributed by atoms with Gasteiger partial charge in [0.05, 0.1) is 24.6 Å². The summed E-state index contributed by atoms with van der Waals surface area (Å²) in [6.45, 7) is 7.59. The number of anilines is 2. The Morgan fingerprint density at radius 1 is 1.22 bits per heavy atom. The summed E-state index contributed by atoms with van der Waals surface area (Å²) in [5.74, 6) is 0.939. The Hall–Kier alpha value is -1.42. The monoisotopic (exact) mass is 248 g/mol. The highest BCUT2D eigenvalue weighted by Gasteiger charge is 2.31. The highest BCUT2D eigenvalue weighted by molar-refractivity contribution is 5.72. The van der Waals surface area contributed by atoms with Gasteiger partial charge < -0.3 is 20.1 Å². The highest BCUT2D eigenvalue weighted by Crippen LogP contribution is 2.40. The largest absolute Gasteiger partial charge is 0.487 e. The molecule has 1 aromatic carbocycles. The second-order valence-electron chi connectivity index (χ2n) is 5.66. The Kier molecular flexibility index (Phi) is 2.63. The van der Waals surface area contributed by atoms with Gasteiger partial charge in [-0.25, -0.2) is 0 Å². The van der Waals surface area contributed by atoms with Crippen LogP contribution in [0.4, 0.5) is 11.4 Å². The fraction of sp³-hybridized carbons (Fsp3) is 0.571. The van der Waals surface area contributed by atoms with Crippen molar-refractivity contribution in [2.24, 2.45) is 0 Å². The molecule has 4 heteroatoms. The van der Waals surface area contributed by atoms with E-state index in [4.69, 9.17) is 15.2 Å². The normalized spacial score (nSPS) is 21.6. The maximum atomic E-state index is 6.15. The molecule has 0 atom stereocenters. The summed E-state index contributed by atoms with van der Waals surface area (Å²) in [5, 5.41) is 0. The first-order valence-electron chi connectivity index (χ1n) is 6.49.